The summed E-state index contributed by atoms with van der Waals surface area (Å²) in [6.07, 6.45) is 0. The molecule has 4 nitrogen and oxygen atoms in total. The largest absolute Gasteiger partial charge is 0.318 e. The Morgan fingerprint density at radius 2 is 1.70 bits per heavy atom. The average molecular weight is 264 g/mol. The first kappa shape index (κ1) is 12.6. The fourth-order valence-corrected chi connectivity index (χ4v) is 2.18. The number of nitrogens with zero attached hydrogens (tertiary/aromatic N) is 2. The maximum Gasteiger partial charge on any atom is 0.181 e. The molecule has 0 fully saturated rings. The van der Waals surface area contributed by atoms with E-state index in [1.54, 1.807) is 0 Å². The lowest BCUT2D eigenvalue weighted by Crippen LogP contribution is -2.13. The lowest BCUT2D eigenvalue weighted by Gasteiger charge is -2.07. The molecule has 20 heavy (non-hydrogen) atoms. The van der Waals surface area contributed by atoms with Gasteiger partial charge in [0.05, 0.1) is 6.04 Å². The van der Waals surface area contributed by atoms with Crippen LogP contribution >= 0.6 is 0 Å². The predicted molar refractivity (Wildman–Crippen MR) is 79.0 cm³/mol. The summed E-state index contributed by atoms with van der Waals surface area (Å²) in [6, 6.07) is 17.6. The summed E-state index contributed by atoms with van der Waals surface area (Å²) in [4.78, 5) is 4.53. The Labute approximate surface area is 117 Å². The Kier molecular flexibility index (Phi) is 3.31. The fraction of sp³-hybridized carbons (Fsp3) is 0.125. The fourth-order valence-electron chi connectivity index (χ4n) is 2.18. The smallest absolute Gasteiger partial charge is 0.181 e. The van der Waals surface area contributed by atoms with Crippen molar-refractivity contribution in [1.29, 1.82) is 0 Å². The first-order valence-electron chi connectivity index (χ1n) is 6.54. The van der Waals surface area contributed by atoms with Crippen molar-refractivity contribution in [2.75, 3.05) is 0 Å². The van der Waals surface area contributed by atoms with Crippen LogP contribution in [0.4, 0.5) is 0 Å². The van der Waals surface area contributed by atoms with Gasteiger partial charge in [0.1, 0.15) is 5.82 Å². The van der Waals surface area contributed by atoms with Gasteiger partial charge in [-0.2, -0.15) is 5.10 Å². The SMILES string of the molecule is Cc1ccccc1-c1n[nH]c([C@@H](N)c2ccccc2)n1. The molecule has 3 aromatic rings. The van der Waals surface area contributed by atoms with Gasteiger partial charge in [0.15, 0.2) is 5.82 Å². The van der Waals surface area contributed by atoms with Crippen LogP contribution in [0.25, 0.3) is 11.4 Å². The van der Waals surface area contributed by atoms with Crippen molar-refractivity contribution in [1.82, 2.24) is 15.2 Å². The van der Waals surface area contributed by atoms with Crippen LogP contribution in [-0.4, -0.2) is 15.2 Å². The summed E-state index contributed by atoms with van der Waals surface area (Å²) < 4.78 is 0. The van der Waals surface area contributed by atoms with Crippen molar-refractivity contribution in [3.8, 4) is 11.4 Å². The molecule has 0 spiro atoms. The van der Waals surface area contributed by atoms with Crippen LogP contribution in [0.1, 0.15) is 23.0 Å². The van der Waals surface area contributed by atoms with Crippen LogP contribution in [0.3, 0.4) is 0 Å². The Bertz CT molecular complexity index is 703. The lowest BCUT2D eigenvalue weighted by atomic mass is 10.1. The molecule has 2 aromatic carbocycles. The molecule has 0 aliphatic carbocycles. The van der Waals surface area contributed by atoms with E-state index in [0.29, 0.717) is 11.6 Å². The highest BCUT2D eigenvalue weighted by Gasteiger charge is 2.15. The highest BCUT2D eigenvalue weighted by molar-refractivity contribution is 5.59. The molecule has 0 saturated heterocycles. The van der Waals surface area contributed by atoms with Gasteiger partial charge in [0.25, 0.3) is 0 Å². The van der Waals surface area contributed by atoms with E-state index in [1.807, 2.05) is 61.5 Å². The third-order valence-electron chi connectivity index (χ3n) is 3.34. The number of hydrogen-bond donors (Lipinski definition) is 2. The zero-order valence-corrected chi connectivity index (χ0v) is 11.2. The zero-order valence-electron chi connectivity index (χ0n) is 11.2. The van der Waals surface area contributed by atoms with Crippen molar-refractivity contribution in [2.24, 2.45) is 5.73 Å². The van der Waals surface area contributed by atoms with Gasteiger partial charge in [0.2, 0.25) is 0 Å². The lowest BCUT2D eigenvalue weighted by molar-refractivity contribution is 0.787. The van der Waals surface area contributed by atoms with E-state index < -0.39 is 0 Å². The van der Waals surface area contributed by atoms with Gasteiger partial charge in [-0.05, 0) is 18.1 Å². The van der Waals surface area contributed by atoms with E-state index >= 15 is 0 Å². The number of nitrogens with one attached hydrogen (secondary N) is 1. The van der Waals surface area contributed by atoms with Gasteiger partial charge in [0, 0.05) is 5.56 Å². The average Bonchev–Trinajstić information content (AvgIpc) is 2.97. The molecule has 4 heteroatoms. The van der Waals surface area contributed by atoms with E-state index in [9.17, 15) is 0 Å². The highest BCUT2D eigenvalue weighted by Crippen LogP contribution is 2.22. The molecule has 3 N–H and O–H groups in total. The normalized spacial score (nSPS) is 12.3. The number of rotatable bonds is 3. The molecule has 0 aliphatic rings. The number of benzene rings is 2. The van der Waals surface area contributed by atoms with E-state index in [0.717, 1.165) is 16.7 Å². The minimum absolute atomic E-state index is 0.290. The number of aromatic nitrogens is 3. The van der Waals surface area contributed by atoms with Crippen molar-refractivity contribution >= 4 is 0 Å². The molecule has 0 unspecified atom stereocenters. The second-order valence-electron chi connectivity index (χ2n) is 4.75. The Morgan fingerprint density at radius 3 is 2.45 bits per heavy atom. The molecule has 0 amide bonds. The topological polar surface area (TPSA) is 67.6 Å². The first-order chi connectivity index (χ1) is 9.75. The summed E-state index contributed by atoms with van der Waals surface area (Å²) in [5.74, 6) is 1.36. The predicted octanol–water partition coefficient (Wildman–Crippen LogP) is 2.83. The minimum atomic E-state index is -0.290. The molecule has 1 aromatic heterocycles. The summed E-state index contributed by atoms with van der Waals surface area (Å²) in [5, 5.41) is 7.22. The van der Waals surface area contributed by atoms with E-state index in [1.165, 1.54) is 0 Å². The van der Waals surface area contributed by atoms with Crippen LogP contribution in [0.2, 0.25) is 0 Å². The van der Waals surface area contributed by atoms with Crippen LogP contribution in [0, 0.1) is 6.92 Å². The van der Waals surface area contributed by atoms with Crippen molar-refractivity contribution in [3.63, 3.8) is 0 Å². The number of nitrogens with two attached hydrogens (primary N) is 1. The van der Waals surface area contributed by atoms with Crippen molar-refractivity contribution < 1.29 is 0 Å². The van der Waals surface area contributed by atoms with Gasteiger partial charge >= 0.3 is 0 Å². The number of hydrogen-bond acceptors (Lipinski definition) is 3. The van der Waals surface area contributed by atoms with E-state index in [2.05, 4.69) is 15.2 Å². The van der Waals surface area contributed by atoms with Crippen molar-refractivity contribution in [3.05, 3.63) is 71.5 Å². The molecule has 0 aliphatic heterocycles. The maximum absolute atomic E-state index is 6.21. The summed E-state index contributed by atoms with van der Waals surface area (Å²) in [5.41, 5.74) is 9.39. The number of aryl methyl sites for hydroxylation is 1. The molecule has 100 valence electrons. The number of aromatic amines is 1. The van der Waals surface area contributed by atoms with Gasteiger partial charge in [-0.25, -0.2) is 4.98 Å². The van der Waals surface area contributed by atoms with Crippen LogP contribution in [-0.2, 0) is 0 Å². The molecule has 1 heterocycles. The zero-order chi connectivity index (χ0) is 13.9. The van der Waals surface area contributed by atoms with Crippen molar-refractivity contribution in [2.45, 2.75) is 13.0 Å². The third kappa shape index (κ3) is 2.33. The van der Waals surface area contributed by atoms with Gasteiger partial charge in [-0.3, -0.25) is 5.10 Å². The Balaban J connectivity index is 1.93. The van der Waals surface area contributed by atoms with Crippen LogP contribution < -0.4 is 5.73 Å². The van der Waals surface area contributed by atoms with E-state index in [4.69, 9.17) is 5.73 Å². The standard InChI is InChI=1S/C16H16N4/c1-11-7-5-6-10-13(11)15-18-16(20-19-15)14(17)12-8-3-2-4-9-12/h2-10,14H,17H2,1H3,(H,18,19,20)/t14-/m0/s1. The van der Waals surface area contributed by atoms with Gasteiger partial charge in [-0.1, -0.05) is 54.6 Å². The molecular formula is C16H16N4. The monoisotopic (exact) mass is 264 g/mol. The quantitative estimate of drug-likeness (QED) is 0.764. The van der Waals surface area contributed by atoms with Gasteiger partial charge in [-0.15, -0.1) is 0 Å². The maximum atomic E-state index is 6.21. The molecule has 3 rings (SSSR count). The molecule has 0 bridgehead atoms. The minimum Gasteiger partial charge on any atom is -0.318 e. The summed E-state index contributed by atoms with van der Waals surface area (Å²) in [7, 11) is 0. The Morgan fingerprint density at radius 1 is 1.00 bits per heavy atom. The molecule has 0 radical (unpaired) electrons. The Hall–Kier alpha value is -2.46. The van der Waals surface area contributed by atoms with E-state index in [-0.39, 0.29) is 6.04 Å². The van der Waals surface area contributed by atoms with Crippen LogP contribution in [0.5, 0.6) is 0 Å². The summed E-state index contributed by atoms with van der Waals surface area (Å²) in [6.45, 7) is 2.04. The molecule has 1 atom stereocenters. The second-order valence-corrected chi connectivity index (χ2v) is 4.75. The highest BCUT2D eigenvalue weighted by atomic mass is 15.2. The first-order valence-corrected chi connectivity index (χ1v) is 6.54. The summed E-state index contributed by atoms with van der Waals surface area (Å²) >= 11 is 0. The van der Waals surface area contributed by atoms with Crippen LogP contribution in [0.15, 0.2) is 54.6 Å². The number of H-pyrrole nitrogens is 1. The third-order valence-corrected chi connectivity index (χ3v) is 3.34. The molecule has 0 saturated carbocycles. The van der Waals surface area contributed by atoms with Gasteiger partial charge < -0.3 is 5.73 Å². The second kappa shape index (κ2) is 5.27. The molecular weight excluding hydrogens is 248 g/mol.